The molecule has 0 spiro atoms. The van der Waals surface area contributed by atoms with Crippen LogP contribution in [-0.2, 0) is 0 Å². The molecule has 4 N–H and O–H groups in total. The molecular formula is C9H11BrN4. The second-order valence-electron chi connectivity index (χ2n) is 2.72. The molecule has 0 unspecified atom stereocenters. The molecule has 5 heteroatoms. The normalized spacial score (nSPS) is 11.1. The minimum atomic E-state index is -0.0423. The Bertz CT molecular complexity index is 380. The summed E-state index contributed by atoms with van der Waals surface area (Å²) in [4.78, 5) is 0. The number of rotatable bonds is 2. The van der Waals surface area contributed by atoms with Crippen molar-refractivity contribution in [2.75, 3.05) is 0 Å². The van der Waals surface area contributed by atoms with E-state index in [1.54, 1.807) is 0 Å². The van der Waals surface area contributed by atoms with Crippen LogP contribution in [0.2, 0.25) is 0 Å². The lowest BCUT2D eigenvalue weighted by molar-refractivity contribution is 1.19. The van der Waals surface area contributed by atoms with Crippen molar-refractivity contribution in [1.82, 2.24) is 0 Å². The summed E-state index contributed by atoms with van der Waals surface area (Å²) in [7, 11) is 0. The zero-order valence-electron chi connectivity index (χ0n) is 7.74. The number of nitrogens with zero attached hydrogens (tertiary/aromatic N) is 2. The van der Waals surface area contributed by atoms with Crippen molar-refractivity contribution in [3.8, 4) is 0 Å². The predicted molar refractivity (Wildman–Crippen MR) is 62.2 cm³/mol. The minimum Gasteiger partial charge on any atom is -0.369 e. The van der Waals surface area contributed by atoms with E-state index in [4.69, 9.17) is 11.5 Å². The fourth-order valence-electron chi connectivity index (χ4n) is 0.904. The quantitative estimate of drug-likeness (QED) is 0.476. The van der Waals surface area contributed by atoms with Crippen LogP contribution < -0.4 is 11.5 Å². The monoisotopic (exact) mass is 254 g/mol. The smallest absolute Gasteiger partial charge is 0.211 e. The van der Waals surface area contributed by atoms with E-state index < -0.39 is 0 Å². The maximum atomic E-state index is 5.16. The van der Waals surface area contributed by atoms with Gasteiger partial charge in [-0.3, -0.25) is 0 Å². The van der Waals surface area contributed by atoms with Gasteiger partial charge >= 0.3 is 0 Å². The molecule has 1 aromatic carbocycles. The Kier molecular flexibility index (Phi) is 3.64. The highest BCUT2D eigenvalue weighted by atomic mass is 79.9. The fourth-order valence-corrected chi connectivity index (χ4v) is 1.30. The highest BCUT2D eigenvalue weighted by molar-refractivity contribution is 9.10. The average Bonchev–Trinajstić information content (AvgIpc) is 2.14. The van der Waals surface area contributed by atoms with Gasteiger partial charge in [0, 0.05) is 4.47 Å². The summed E-state index contributed by atoms with van der Waals surface area (Å²) in [6.07, 6.45) is 0. The highest BCUT2D eigenvalue weighted by Gasteiger charge is 1.96. The summed E-state index contributed by atoms with van der Waals surface area (Å²) >= 11 is 3.37. The van der Waals surface area contributed by atoms with Crippen molar-refractivity contribution in [3.63, 3.8) is 0 Å². The third kappa shape index (κ3) is 3.18. The van der Waals surface area contributed by atoms with E-state index >= 15 is 0 Å². The van der Waals surface area contributed by atoms with Crippen molar-refractivity contribution in [1.29, 1.82) is 0 Å². The first kappa shape index (κ1) is 10.7. The molecule has 0 fully saturated rings. The lowest BCUT2D eigenvalue weighted by Crippen LogP contribution is -2.22. The summed E-state index contributed by atoms with van der Waals surface area (Å²) in [5.74, 6) is -0.0423. The van der Waals surface area contributed by atoms with Gasteiger partial charge in [0.15, 0.2) is 0 Å². The van der Waals surface area contributed by atoms with Gasteiger partial charge in [-0.05, 0) is 24.6 Å². The molecule has 0 saturated carbocycles. The van der Waals surface area contributed by atoms with Gasteiger partial charge in [0.2, 0.25) is 5.96 Å². The first-order chi connectivity index (χ1) is 6.59. The molecule has 1 rings (SSSR count). The Balaban J connectivity index is 2.95. The van der Waals surface area contributed by atoms with E-state index in [1.165, 1.54) is 0 Å². The van der Waals surface area contributed by atoms with Crippen molar-refractivity contribution in [2.45, 2.75) is 6.92 Å². The number of benzene rings is 1. The SMILES string of the molecule is C/C(=N/N=C(N)N)c1cccc(Br)c1. The predicted octanol–water partition coefficient (Wildman–Crippen LogP) is 1.45. The van der Waals surface area contributed by atoms with Gasteiger partial charge in [0.05, 0.1) is 5.71 Å². The van der Waals surface area contributed by atoms with E-state index in [2.05, 4.69) is 26.1 Å². The summed E-state index contributed by atoms with van der Waals surface area (Å²) in [5, 5.41) is 7.44. The molecule has 0 radical (unpaired) electrons. The van der Waals surface area contributed by atoms with Crippen molar-refractivity contribution in [2.24, 2.45) is 21.7 Å². The molecule has 0 heterocycles. The summed E-state index contributed by atoms with van der Waals surface area (Å²) in [6, 6.07) is 7.75. The Morgan fingerprint density at radius 1 is 1.29 bits per heavy atom. The lowest BCUT2D eigenvalue weighted by Gasteiger charge is -1.98. The largest absolute Gasteiger partial charge is 0.369 e. The van der Waals surface area contributed by atoms with E-state index in [0.29, 0.717) is 0 Å². The zero-order chi connectivity index (χ0) is 10.6. The van der Waals surface area contributed by atoms with Crippen LogP contribution in [0.25, 0.3) is 0 Å². The molecule has 0 atom stereocenters. The first-order valence-corrected chi connectivity index (χ1v) is 4.78. The van der Waals surface area contributed by atoms with E-state index in [1.807, 2.05) is 31.2 Å². The number of guanidine groups is 1. The highest BCUT2D eigenvalue weighted by Crippen LogP contribution is 2.12. The topological polar surface area (TPSA) is 76.8 Å². The van der Waals surface area contributed by atoms with E-state index in [-0.39, 0.29) is 5.96 Å². The number of hydrogen-bond donors (Lipinski definition) is 2. The van der Waals surface area contributed by atoms with E-state index in [0.717, 1.165) is 15.7 Å². The molecular weight excluding hydrogens is 244 g/mol. The van der Waals surface area contributed by atoms with Gasteiger partial charge in [-0.2, -0.15) is 5.10 Å². The Morgan fingerprint density at radius 2 is 2.00 bits per heavy atom. The van der Waals surface area contributed by atoms with Crippen LogP contribution in [0.15, 0.2) is 38.9 Å². The second kappa shape index (κ2) is 4.76. The zero-order valence-corrected chi connectivity index (χ0v) is 9.32. The molecule has 0 saturated heterocycles. The van der Waals surface area contributed by atoms with Crippen molar-refractivity contribution < 1.29 is 0 Å². The lowest BCUT2D eigenvalue weighted by atomic mass is 10.1. The standard InChI is InChI=1S/C9H11BrN4/c1-6(13-14-9(11)12)7-3-2-4-8(10)5-7/h2-5H,1H3,(H4,11,12,14)/b13-6-. The molecule has 74 valence electrons. The number of nitrogens with two attached hydrogens (primary N) is 2. The molecule has 0 amide bonds. The minimum absolute atomic E-state index is 0.0423. The third-order valence-corrected chi connectivity index (χ3v) is 2.05. The van der Waals surface area contributed by atoms with Gasteiger partial charge in [-0.25, -0.2) is 0 Å². The molecule has 14 heavy (non-hydrogen) atoms. The van der Waals surface area contributed by atoms with Crippen LogP contribution in [0.4, 0.5) is 0 Å². The van der Waals surface area contributed by atoms with Gasteiger partial charge in [-0.15, -0.1) is 5.10 Å². The van der Waals surface area contributed by atoms with Crippen LogP contribution in [0.3, 0.4) is 0 Å². The van der Waals surface area contributed by atoms with Crippen molar-refractivity contribution in [3.05, 3.63) is 34.3 Å². The molecule has 0 aromatic heterocycles. The number of halogens is 1. The third-order valence-electron chi connectivity index (χ3n) is 1.56. The molecule has 0 aliphatic carbocycles. The molecule has 4 nitrogen and oxygen atoms in total. The molecule has 0 bridgehead atoms. The van der Waals surface area contributed by atoms with Gasteiger partial charge in [0.25, 0.3) is 0 Å². The first-order valence-electron chi connectivity index (χ1n) is 3.98. The summed E-state index contributed by atoms with van der Waals surface area (Å²) in [5.41, 5.74) is 12.1. The Hall–Kier alpha value is -1.36. The van der Waals surface area contributed by atoms with Crippen LogP contribution >= 0.6 is 15.9 Å². The molecule has 0 aliphatic heterocycles. The van der Waals surface area contributed by atoms with Crippen LogP contribution in [0, 0.1) is 0 Å². The second-order valence-corrected chi connectivity index (χ2v) is 3.64. The van der Waals surface area contributed by atoms with Gasteiger partial charge in [0.1, 0.15) is 0 Å². The van der Waals surface area contributed by atoms with Gasteiger partial charge in [-0.1, -0.05) is 28.1 Å². The van der Waals surface area contributed by atoms with Crippen molar-refractivity contribution >= 4 is 27.6 Å². The van der Waals surface area contributed by atoms with Crippen LogP contribution in [0.5, 0.6) is 0 Å². The average molecular weight is 255 g/mol. The molecule has 0 aliphatic rings. The Morgan fingerprint density at radius 3 is 2.57 bits per heavy atom. The van der Waals surface area contributed by atoms with Crippen LogP contribution in [-0.4, -0.2) is 11.7 Å². The Labute approximate surface area is 90.8 Å². The summed E-state index contributed by atoms with van der Waals surface area (Å²) < 4.78 is 0.995. The molecule has 1 aromatic rings. The van der Waals surface area contributed by atoms with Gasteiger partial charge < -0.3 is 11.5 Å². The maximum Gasteiger partial charge on any atom is 0.211 e. The maximum absolute atomic E-state index is 5.16. The van der Waals surface area contributed by atoms with Crippen LogP contribution in [0.1, 0.15) is 12.5 Å². The summed E-state index contributed by atoms with van der Waals surface area (Å²) in [6.45, 7) is 1.84. The fraction of sp³-hybridized carbons (Fsp3) is 0.111. The number of hydrogen-bond acceptors (Lipinski definition) is 2. The van der Waals surface area contributed by atoms with E-state index in [9.17, 15) is 0 Å².